The molecule has 0 radical (unpaired) electrons. The average molecular weight is 269 g/mol. The molecule has 0 aliphatic carbocycles. The third-order valence-electron chi connectivity index (χ3n) is 2.87. The molecule has 94 valence electrons. The molecule has 0 aromatic heterocycles. The number of nitrogens with zero attached hydrogens (tertiary/aromatic N) is 4. The fourth-order valence-corrected chi connectivity index (χ4v) is 2.45. The van der Waals surface area contributed by atoms with Crippen LogP contribution in [0.4, 0.5) is 0 Å². The van der Waals surface area contributed by atoms with Gasteiger partial charge in [0.25, 0.3) is 0 Å². The summed E-state index contributed by atoms with van der Waals surface area (Å²) < 4.78 is 0. The third-order valence-corrected chi connectivity index (χ3v) is 3.52. The Morgan fingerprint density at radius 2 is 2.16 bits per heavy atom. The molecule has 2 aliphatic heterocycles. The van der Waals surface area contributed by atoms with Crippen molar-refractivity contribution in [2.45, 2.75) is 6.17 Å². The Bertz CT molecular complexity index is 626. The molecule has 19 heavy (non-hydrogen) atoms. The van der Waals surface area contributed by atoms with Crippen molar-refractivity contribution in [2.75, 3.05) is 6.26 Å². The molecule has 0 saturated heterocycles. The summed E-state index contributed by atoms with van der Waals surface area (Å²) in [5.41, 5.74) is 4.79. The van der Waals surface area contributed by atoms with Crippen LogP contribution in [0.5, 0.6) is 0 Å². The molecule has 2 aliphatic rings. The van der Waals surface area contributed by atoms with Crippen molar-refractivity contribution in [3.05, 3.63) is 47.7 Å². The number of nitriles is 1. The van der Waals surface area contributed by atoms with E-state index in [-0.39, 0.29) is 6.17 Å². The summed E-state index contributed by atoms with van der Waals surface area (Å²) in [4.78, 5) is 8.83. The van der Waals surface area contributed by atoms with E-state index in [0.29, 0.717) is 11.4 Å². The minimum Gasteiger partial charge on any atom is -0.240 e. The van der Waals surface area contributed by atoms with Crippen LogP contribution in [0.25, 0.3) is 0 Å². The van der Waals surface area contributed by atoms with Gasteiger partial charge in [-0.3, -0.25) is 0 Å². The van der Waals surface area contributed by atoms with Gasteiger partial charge in [-0.1, -0.05) is 42.1 Å². The highest BCUT2D eigenvalue weighted by atomic mass is 32.2. The van der Waals surface area contributed by atoms with Gasteiger partial charge < -0.3 is 0 Å². The van der Waals surface area contributed by atoms with Gasteiger partial charge in [0.2, 0.25) is 0 Å². The number of hydrazine groups is 1. The van der Waals surface area contributed by atoms with Gasteiger partial charge in [0.05, 0.1) is 6.20 Å². The highest BCUT2D eigenvalue weighted by molar-refractivity contribution is 8.13. The summed E-state index contributed by atoms with van der Waals surface area (Å²) in [6.07, 6.45) is 3.33. The maximum absolute atomic E-state index is 9.12. The smallest absolute Gasteiger partial charge is 0.184 e. The molecule has 0 fully saturated rings. The Balaban J connectivity index is 1.98. The molecule has 0 saturated carbocycles. The minimum atomic E-state index is -0.177. The second-order valence-corrected chi connectivity index (χ2v) is 4.77. The molecule has 1 aromatic carbocycles. The first-order valence-electron chi connectivity index (χ1n) is 5.75. The SMILES string of the molecule is CSC1=NC=C(C#N)C2=NC(c3ccccc3)NN12. The Hall–Kier alpha value is -2.10. The van der Waals surface area contributed by atoms with E-state index >= 15 is 0 Å². The fraction of sp³-hybridized carbons (Fsp3) is 0.154. The van der Waals surface area contributed by atoms with E-state index in [2.05, 4.69) is 21.5 Å². The highest BCUT2D eigenvalue weighted by Crippen LogP contribution is 2.26. The third kappa shape index (κ3) is 2.03. The standard InChI is InChI=1S/C13H11N5S/c1-19-13-15-8-10(7-14)12-16-11(17-18(12)13)9-5-3-2-4-6-9/h2-6,8,11,17H,1H3. The Morgan fingerprint density at radius 1 is 1.37 bits per heavy atom. The fourth-order valence-electron chi connectivity index (χ4n) is 1.97. The zero-order valence-corrected chi connectivity index (χ0v) is 11.1. The van der Waals surface area contributed by atoms with Gasteiger partial charge in [-0.2, -0.15) is 10.7 Å². The number of amidine groups is 2. The van der Waals surface area contributed by atoms with E-state index in [0.717, 1.165) is 10.7 Å². The predicted octanol–water partition coefficient (Wildman–Crippen LogP) is 2.04. The lowest BCUT2D eigenvalue weighted by Crippen LogP contribution is -2.43. The second-order valence-electron chi connectivity index (χ2n) is 4.00. The number of hydrogen-bond acceptors (Lipinski definition) is 6. The van der Waals surface area contributed by atoms with Gasteiger partial charge in [0.1, 0.15) is 17.8 Å². The summed E-state index contributed by atoms with van der Waals surface area (Å²) in [5.74, 6) is 0.635. The molecule has 1 unspecified atom stereocenters. The molecule has 1 atom stereocenters. The lowest BCUT2D eigenvalue weighted by molar-refractivity contribution is 0.424. The van der Waals surface area contributed by atoms with Crippen LogP contribution in [0.2, 0.25) is 0 Å². The van der Waals surface area contributed by atoms with E-state index in [9.17, 15) is 0 Å². The van der Waals surface area contributed by atoms with Crippen LogP contribution in [-0.2, 0) is 0 Å². The Morgan fingerprint density at radius 3 is 2.84 bits per heavy atom. The molecule has 0 amide bonds. The molecular weight excluding hydrogens is 258 g/mol. The summed E-state index contributed by atoms with van der Waals surface area (Å²) in [6, 6.07) is 12.0. The van der Waals surface area contributed by atoms with E-state index in [1.165, 1.54) is 11.8 Å². The Kier molecular flexibility index (Phi) is 3.07. The van der Waals surface area contributed by atoms with E-state index in [4.69, 9.17) is 5.26 Å². The van der Waals surface area contributed by atoms with E-state index < -0.39 is 0 Å². The van der Waals surface area contributed by atoms with Crippen molar-refractivity contribution in [2.24, 2.45) is 9.98 Å². The van der Waals surface area contributed by atoms with Gasteiger partial charge in [-0.15, -0.1) is 0 Å². The van der Waals surface area contributed by atoms with Crippen molar-refractivity contribution < 1.29 is 0 Å². The number of fused-ring (bicyclic) bond motifs is 1. The van der Waals surface area contributed by atoms with Crippen molar-refractivity contribution in [3.63, 3.8) is 0 Å². The van der Waals surface area contributed by atoms with Crippen molar-refractivity contribution in [1.29, 1.82) is 5.26 Å². The summed E-state index contributed by atoms with van der Waals surface area (Å²) >= 11 is 1.51. The molecule has 2 heterocycles. The van der Waals surface area contributed by atoms with Crippen LogP contribution in [0.15, 0.2) is 52.1 Å². The van der Waals surface area contributed by atoms with Crippen molar-refractivity contribution in [1.82, 2.24) is 10.4 Å². The molecule has 1 N–H and O–H groups in total. The summed E-state index contributed by atoms with van der Waals surface area (Å²) in [5, 5.41) is 11.7. The number of thioether (sulfide) groups is 1. The lowest BCUT2D eigenvalue weighted by atomic mass is 10.2. The van der Waals surface area contributed by atoms with Crippen LogP contribution in [-0.4, -0.2) is 22.3 Å². The number of benzene rings is 1. The highest BCUT2D eigenvalue weighted by Gasteiger charge is 2.33. The first-order chi connectivity index (χ1) is 9.33. The van der Waals surface area contributed by atoms with Crippen LogP contribution < -0.4 is 5.43 Å². The van der Waals surface area contributed by atoms with Gasteiger partial charge in [0.15, 0.2) is 11.0 Å². The first kappa shape index (κ1) is 12.0. The van der Waals surface area contributed by atoms with Gasteiger partial charge in [-0.05, 0) is 11.8 Å². The largest absolute Gasteiger partial charge is 0.240 e. The average Bonchev–Trinajstić information content (AvgIpc) is 2.92. The number of nitrogens with one attached hydrogen (secondary N) is 1. The zero-order valence-electron chi connectivity index (χ0n) is 10.2. The molecule has 0 spiro atoms. The number of rotatable bonds is 1. The molecule has 5 nitrogen and oxygen atoms in total. The van der Waals surface area contributed by atoms with Crippen LogP contribution in [0.3, 0.4) is 0 Å². The van der Waals surface area contributed by atoms with Crippen LogP contribution >= 0.6 is 11.8 Å². The monoisotopic (exact) mass is 269 g/mol. The van der Waals surface area contributed by atoms with Gasteiger partial charge in [-0.25, -0.2) is 15.0 Å². The number of hydrogen-bond donors (Lipinski definition) is 1. The van der Waals surface area contributed by atoms with Crippen molar-refractivity contribution >= 4 is 22.8 Å². The molecule has 3 rings (SSSR count). The lowest BCUT2D eigenvalue weighted by Gasteiger charge is -2.23. The zero-order chi connectivity index (χ0) is 13.2. The number of aliphatic imine (C=N–C) groups is 2. The maximum Gasteiger partial charge on any atom is 0.184 e. The first-order valence-corrected chi connectivity index (χ1v) is 6.97. The Labute approximate surface area is 115 Å². The summed E-state index contributed by atoms with van der Waals surface area (Å²) in [7, 11) is 0. The molecule has 1 aromatic rings. The molecule has 6 heteroatoms. The van der Waals surface area contributed by atoms with Crippen molar-refractivity contribution in [3.8, 4) is 6.07 Å². The second kappa shape index (κ2) is 4.88. The summed E-state index contributed by atoms with van der Waals surface area (Å²) in [6.45, 7) is 0. The quantitative estimate of drug-likeness (QED) is 0.847. The minimum absolute atomic E-state index is 0.177. The van der Waals surface area contributed by atoms with Gasteiger partial charge in [0, 0.05) is 0 Å². The van der Waals surface area contributed by atoms with Gasteiger partial charge >= 0.3 is 0 Å². The molecular formula is C13H11N5S. The predicted molar refractivity (Wildman–Crippen MR) is 76.2 cm³/mol. The molecule has 0 bridgehead atoms. The van der Waals surface area contributed by atoms with E-state index in [1.807, 2.05) is 36.6 Å². The topological polar surface area (TPSA) is 63.8 Å². The van der Waals surface area contributed by atoms with Crippen LogP contribution in [0.1, 0.15) is 11.7 Å². The normalized spacial score (nSPS) is 21.2. The van der Waals surface area contributed by atoms with E-state index in [1.54, 1.807) is 11.2 Å². The maximum atomic E-state index is 9.12. The van der Waals surface area contributed by atoms with Crippen LogP contribution in [0, 0.1) is 11.3 Å².